The first-order valence-corrected chi connectivity index (χ1v) is 8.22. The van der Waals surface area contributed by atoms with Gasteiger partial charge in [-0.3, -0.25) is 15.6 Å². The summed E-state index contributed by atoms with van der Waals surface area (Å²) < 4.78 is 18.8. The van der Waals surface area contributed by atoms with E-state index in [1.165, 1.54) is 37.0 Å². The number of amides is 1. The number of rotatable bonds is 5. The summed E-state index contributed by atoms with van der Waals surface area (Å²) in [6, 6.07) is 5.19. The van der Waals surface area contributed by atoms with Gasteiger partial charge in [0.25, 0.3) is 5.91 Å². The second-order valence-corrected chi connectivity index (χ2v) is 5.90. The van der Waals surface area contributed by atoms with Crippen LogP contribution >= 0.6 is 0 Å². The normalized spacial score (nSPS) is 14.8. The number of benzene rings is 1. The summed E-state index contributed by atoms with van der Waals surface area (Å²) in [6.45, 7) is 0. The number of carbonyl (C=O) groups is 1. The molecule has 1 aliphatic rings. The van der Waals surface area contributed by atoms with Crippen LogP contribution in [-0.2, 0) is 0 Å². The van der Waals surface area contributed by atoms with Crippen molar-refractivity contribution in [2.75, 3.05) is 11.2 Å². The van der Waals surface area contributed by atoms with Crippen molar-refractivity contribution in [1.29, 1.82) is 0 Å². The molecular weight excluding hydrogens is 325 g/mol. The predicted octanol–water partition coefficient (Wildman–Crippen LogP) is 2.67. The quantitative estimate of drug-likeness (QED) is 0.720. The van der Waals surface area contributed by atoms with E-state index < -0.39 is 11.7 Å². The highest BCUT2D eigenvalue weighted by Gasteiger charge is 2.18. The van der Waals surface area contributed by atoms with Gasteiger partial charge in [-0.05, 0) is 49.9 Å². The van der Waals surface area contributed by atoms with Gasteiger partial charge in [0.1, 0.15) is 23.9 Å². The number of nitrogen functional groups attached to an aromatic ring is 1. The lowest BCUT2D eigenvalue weighted by atomic mass is 9.98. The number of nitrogens with zero attached hydrogens (tertiary/aromatic N) is 2. The summed E-state index contributed by atoms with van der Waals surface area (Å²) in [5.41, 5.74) is 11.7. The molecule has 2 aromatic rings. The Hall–Kier alpha value is -2.90. The lowest BCUT2D eigenvalue weighted by Crippen LogP contribution is -2.30. The number of ether oxygens (including phenoxy) is 1. The van der Waals surface area contributed by atoms with Crippen LogP contribution in [0.3, 0.4) is 0 Å². The van der Waals surface area contributed by atoms with E-state index in [1.54, 1.807) is 0 Å². The summed E-state index contributed by atoms with van der Waals surface area (Å²) in [7, 11) is 0. The van der Waals surface area contributed by atoms with Gasteiger partial charge >= 0.3 is 0 Å². The predicted molar refractivity (Wildman–Crippen MR) is 91.4 cm³/mol. The fourth-order valence-corrected chi connectivity index (χ4v) is 2.70. The molecule has 0 unspecified atom stereocenters. The Balaban J connectivity index is 1.63. The zero-order valence-electron chi connectivity index (χ0n) is 13.7. The second-order valence-electron chi connectivity index (χ2n) is 5.90. The smallest absolute Gasteiger partial charge is 0.269 e. The minimum atomic E-state index is -0.437. The average molecular weight is 345 g/mol. The lowest BCUT2D eigenvalue weighted by Gasteiger charge is -2.23. The highest BCUT2D eigenvalue weighted by atomic mass is 19.1. The third-order valence-corrected chi connectivity index (χ3v) is 4.08. The SMILES string of the molecule is Nc1c(NNC(=O)c2ccc(F)cc2)ncnc1OC1CCCCC1. The van der Waals surface area contributed by atoms with Crippen LogP contribution in [0.4, 0.5) is 15.9 Å². The molecule has 1 aromatic carbocycles. The van der Waals surface area contributed by atoms with Gasteiger partial charge in [0.05, 0.1) is 0 Å². The van der Waals surface area contributed by atoms with Gasteiger partial charge in [-0.1, -0.05) is 6.42 Å². The molecule has 1 amide bonds. The van der Waals surface area contributed by atoms with Crippen molar-refractivity contribution in [2.24, 2.45) is 0 Å². The largest absolute Gasteiger partial charge is 0.473 e. The van der Waals surface area contributed by atoms with Crippen molar-refractivity contribution in [3.63, 3.8) is 0 Å². The summed E-state index contributed by atoms with van der Waals surface area (Å²) in [5, 5.41) is 0. The van der Waals surface area contributed by atoms with Crippen LogP contribution in [0.15, 0.2) is 30.6 Å². The molecule has 0 atom stereocenters. The van der Waals surface area contributed by atoms with Gasteiger partial charge in [-0.15, -0.1) is 0 Å². The molecular formula is C17H20FN5O2. The van der Waals surface area contributed by atoms with Gasteiger partial charge < -0.3 is 10.5 Å². The summed E-state index contributed by atoms with van der Waals surface area (Å²) in [5.74, 6) is -0.293. The van der Waals surface area contributed by atoms with Gasteiger partial charge in [0.15, 0.2) is 5.82 Å². The van der Waals surface area contributed by atoms with Crippen LogP contribution in [0.5, 0.6) is 5.88 Å². The zero-order chi connectivity index (χ0) is 17.6. The molecule has 0 bridgehead atoms. The van der Waals surface area contributed by atoms with E-state index in [-0.39, 0.29) is 17.6 Å². The van der Waals surface area contributed by atoms with E-state index in [1.807, 2.05) is 0 Å². The Bertz CT molecular complexity index is 732. The molecule has 25 heavy (non-hydrogen) atoms. The maximum absolute atomic E-state index is 12.9. The van der Waals surface area contributed by atoms with E-state index in [0.29, 0.717) is 11.4 Å². The van der Waals surface area contributed by atoms with E-state index in [2.05, 4.69) is 20.8 Å². The first kappa shape index (κ1) is 16.9. The lowest BCUT2D eigenvalue weighted by molar-refractivity contribution is 0.0962. The number of hydrogen-bond acceptors (Lipinski definition) is 6. The number of aromatic nitrogens is 2. The highest BCUT2D eigenvalue weighted by Crippen LogP contribution is 2.28. The summed E-state index contributed by atoms with van der Waals surface area (Å²) >= 11 is 0. The van der Waals surface area contributed by atoms with Crippen molar-refractivity contribution in [3.05, 3.63) is 42.0 Å². The molecule has 3 rings (SSSR count). The van der Waals surface area contributed by atoms with Crippen molar-refractivity contribution in [1.82, 2.24) is 15.4 Å². The van der Waals surface area contributed by atoms with E-state index >= 15 is 0 Å². The number of hydrogen-bond donors (Lipinski definition) is 3. The Morgan fingerprint density at radius 2 is 1.88 bits per heavy atom. The van der Waals surface area contributed by atoms with Crippen molar-refractivity contribution in [2.45, 2.75) is 38.2 Å². The van der Waals surface area contributed by atoms with Crippen LogP contribution in [0.2, 0.25) is 0 Å². The number of nitrogens with one attached hydrogen (secondary N) is 2. The molecule has 1 fully saturated rings. The topological polar surface area (TPSA) is 102 Å². The molecule has 8 heteroatoms. The van der Waals surface area contributed by atoms with E-state index in [9.17, 15) is 9.18 Å². The molecule has 0 spiro atoms. The summed E-state index contributed by atoms with van der Waals surface area (Å²) in [4.78, 5) is 20.1. The third kappa shape index (κ3) is 4.34. The van der Waals surface area contributed by atoms with Gasteiger partial charge in [-0.25, -0.2) is 9.37 Å². The molecule has 0 aliphatic heterocycles. The molecule has 0 saturated heterocycles. The number of carbonyl (C=O) groups excluding carboxylic acids is 1. The maximum atomic E-state index is 12.9. The molecule has 1 heterocycles. The number of hydrazine groups is 1. The standard InChI is InChI=1S/C17H20FN5O2/c18-12-8-6-11(7-9-12)16(24)23-22-15-14(19)17(21-10-20-15)25-13-4-2-1-3-5-13/h6-10,13H,1-5,19H2,(H,23,24)(H,20,21,22). The number of nitrogens with two attached hydrogens (primary N) is 1. The van der Waals surface area contributed by atoms with E-state index in [4.69, 9.17) is 10.5 Å². The molecule has 0 radical (unpaired) electrons. The molecule has 7 nitrogen and oxygen atoms in total. The molecule has 1 aromatic heterocycles. The Morgan fingerprint density at radius 3 is 2.60 bits per heavy atom. The van der Waals surface area contributed by atoms with Crippen LogP contribution in [0.1, 0.15) is 42.5 Å². The zero-order valence-corrected chi connectivity index (χ0v) is 13.7. The Labute approximate surface area is 144 Å². The average Bonchev–Trinajstić information content (AvgIpc) is 2.63. The monoisotopic (exact) mass is 345 g/mol. The van der Waals surface area contributed by atoms with Gasteiger partial charge in [0.2, 0.25) is 5.88 Å². The van der Waals surface area contributed by atoms with E-state index in [0.717, 1.165) is 25.7 Å². The Kier molecular flexibility index (Phi) is 5.27. The Morgan fingerprint density at radius 1 is 1.16 bits per heavy atom. The minimum absolute atomic E-state index is 0.104. The van der Waals surface area contributed by atoms with Gasteiger partial charge in [0, 0.05) is 5.56 Å². The minimum Gasteiger partial charge on any atom is -0.473 e. The third-order valence-electron chi connectivity index (χ3n) is 4.08. The van der Waals surface area contributed by atoms with Gasteiger partial charge in [-0.2, -0.15) is 4.98 Å². The van der Waals surface area contributed by atoms with Crippen LogP contribution in [0.25, 0.3) is 0 Å². The number of anilines is 2. The van der Waals surface area contributed by atoms with Crippen LogP contribution in [-0.4, -0.2) is 22.0 Å². The van der Waals surface area contributed by atoms with Crippen molar-refractivity contribution >= 4 is 17.4 Å². The van der Waals surface area contributed by atoms with Crippen LogP contribution < -0.4 is 21.3 Å². The molecule has 1 aliphatic carbocycles. The fraction of sp³-hybridized carbons (Fsp3) is 0.353. The summed E-state index contributed by atoms with van der Waals surface area (Å²) in [6.07, 6.45) is 6.87. The first-order valence-electron chi connectivity index (χ1n) is 8.22. The number of halogens is 1. The van der Waals surface area contributed by atoms with Crippen molar-refractivity contribution in [3.8, 4) is 5.88 Å². The molecule has 4 N–H and O–H groups in total. The molecule has 132 valence electrons. The second kappa shape index (κ2) is 7.78. The molecule has 1 saturated carbocycles. The maximum Gasteiger partial charge on any atom is 0.269 e. The van der Waals surface area contributed by atoms with Crippen LogP contribution in [0, 0.1) is 5.82 Å². The first-order chi connectivity index (χ1) is 12.1. The highest BCUT2D eigenvalue weighted by molar-refractivity contribution is 5.95. The fourth-order valence-electron chi connectivity index (χ4n) is 2.70. The van der Waals surface area contributed by atoms with Crippen molar-refractivity contribution < 1.29 is 13.9 Å².